The Morgan fingerprint density at radius 1 is 1.22 bits per heavy atom. The second-order valence-electron chi connectivity index (χ2n) is 3.79. The first kappa shape index (κ1) is 12.1. The van der Waals surface area contributed by atoms with Crippen LogP contribution in [0, 0.1) is 0 Å². The zero-order chi connectivity index (χ0) is 13.1. The highest BCUT2D eigenvalue weighted by atomic mass is 16.2. The number of fused-ring (bicyclic) bond motifs is 1. The molecule has 0 aliphatic carbocycles. The summed E-state index contributed by atoms with van der Waals surface area (Å²) in [7, 11) is 3.04. The fourth-order valence-electron chi connectivity index (χ4n) is 1.84. The highest BCUT2D eigenvalue weighted by Gasteiger charge is 2.29. The molecule has 1 aromatic carbocycles. The van der Waals surface area contributed by atoms with Crippen LogP contribution in [0.3, 0.4) is 0 Å². The van der Waals surface area contributed by atoms with Crippen molar-refractivity contribution in [1.29, 1.82) is 0 Å². The molecule has 1 aliphatic heterocycles. The number of benzene rings is 1. The van der Waals surface area contributed by atoms with Gasteiger partial charge in [0.05, 0.1) is 6.54 Å². The average molecular weight is 246 g/mol. The van der Waals surface area contributed by atoms with Crippen molar-refractivity contribution < 1.29 is 9.59 Å². The van der Waals surface area contributed by atoms with Gasteiger partial charge < -0.3 is 10.6 Å². The van der Waals surface area contributed by atoms with E-state index in [0.717, 1.165) is 11.1 Å². The maximum absolute atomic E-state index is 11.8. The van der Waals surface area contributed by atoms with Crippen LogP contribution in [-0.4, -0.2) is 36.9 Å². The topological polar surface area (TPSA) is 73.8 Å². The van der Waals surface area contributed by atoms with Crippen molar-refractivity contribution in [3.63, 3.8) is 0 Å². The summed E-state index contributed by atoms with van der Waals surface area (Å²) in [5, 5.41) is 4.95. The van der Waals surface area contributed by atoms with Crippen LogP contribution in [-0.2, 0) is 6.54 Å². The molecule has 0 radical (unpaired) electrons. The van der Waals surface area contributed by atoms with Gasteiger partial charge in [-0.3, -0.25) is 4.90 Å². The molecule has 6 nitrogen and oxygen atoms in total. The lowest BCUT2D eigenvalue weighted by Gasteiger charge is -2.15. The zero-order valence-corrected chi connectivity index (χ0v) is 10.2. The Labute approximate surface area is 105 Å². The molecule has 18 heavy (non-hydrogen) atoms. The predicted octanol–water partition coefficient (Wildman–Crippen LogP) is 0.928. The second-order valence-corrected chi connectivity index (χ2v) is 3.79. The molecule has 0 saturated heterocycles. The number of carbonyl (C=O) groups excluding carboxylic acids is 2. The lowest BCUT2D eigenvalue weighted by Crippen LogP contribution is -2.39. The van der Waals surface area contributed by atoms with E-state index in [1.54, 1.807) is 7.05 Å². The Morgan fingerprint density at radius 3 is 2.61 bits per heavy atom. The first-order valence-corrected chi connectivity index (χ1v) is 5.55. The Morgan fingerprint density at radius 2 is 1.94 bits per heavy atom. The Bertz CT molecular complexity index is 525. The predicted molar refractivity (Wildman–Crippen MR) is 67.4 cm³/mol. The fraction of sp³-hybridized carbons (Fsp3) is 0.250. The van der Waals surface area contributed by atoms with Gasteiger partial charge in [0, 0.05) is 19.7 Å². The van der Waals surface area contributed by atoms with Crippen LogP contribution in [0.25, 0.3) is 0 Å². The summed E-state index contributed by atoms with van der Waals surface area (Å²) >= 11 is 0. The maximum Gasteiger partial charge on any atom is 0.342 e. The average Bonchev–Trinajstić information content (AvgIpc) is 2.77. The van der Waals surface area contributed by atoms with Crippen molar-refractivity contribution in [2.45, 2.75) is 6.54 Å². The SMILES string of the molecule is CNC(=O)/N=C1\c2ccccc2CN1C(=O)NC. The summed E-state index contributed by atoms with van der Waals surface area (Å²) in [6, 6.07) is 6.75. The largest absolute Gasteiger partial charge is 0.342 e. The third kappa shape index (κ3) is 2.04. The van der Waals surface area contributed by atoms with Gasteiger partial charge in [-0.2, -0.15) is 4.99 Å². The second kappa shape index (κ2) is 4.87. The molecular formula is C12H14N4O2. The molecule has 0 spiro atoms. The molecule has 0 atom stereocenters. The van der Waals surface area contributed by atoms with Crippen molar-refractivity contribution in [2.24, 2.45) is 4.99 Å². The Hall–Kier alpha value is -2.37. The summed E-state index contributed by atoms with van der Waals surface area (Å²) in [5.74, 6) is 0.379. The van der Waals surface area contributed by atoms with Gasteiger partial charge in [-0.25, -0.2) is 9.59 Å². The van der Waals surface area contributed by atoms with Crippen LogP contribution in [0.4, 0.5) is 9.59 Å². The standard InChI is InChI=1S/C12H14N4O2/c1-13-11(17)15-10-9-6-4-3-5-8(9)7-16(10)12(18)14-2/h3-6H,7H2,1-2H3,(H,13,17)(H,14,18)/b15-10+. The van der Waals surface area contributed by atoms with Gasteiger partial charge in [0.2, 0.25) is 0 Å². The molecule has 0 saturated carbocycles. The minimum absolute atomic E-state index is 0.283. The number of aliphatic imine (C=N–C) groups is 1. The molecule has 4 amide bonds. The number of hydrogen-bond acceptors (Lipinski definition) is 2. The summed E-state index contributed by atoms with van der Waals surface area (Å²) in [6.07, 6.45) is 0. The summed E-state index contributed by atoms with van der Waals surface area (Å²) < 4.78 is 0. The van der Waals surface area contributed by atoms with Crippen LogP contribution in [0.2, 0.25) is 0 Å². The minimum atomic E-state index is -0.476. The van der Waals surface area contributed by atoms with Gasteiger partial charge >= 0.3 is 12.1 Å². The molecule has 1 aromatic rings. The third-order valence-electron chi connectivity index (χ3n) is 2.72. The molecule has 2 rings (SSSR count). The van der Waals surface area contributed by atoms with E-state index in [-0.39, 0.29) is 6.03 Å². The Balaban J connectivity index is 2.45. The van der Waals surface area contributed by atoms with E-state index in [1.807, 2.05) is 24.3 Å². The Kier molecular flexibility index (Phi) is 3.27. The number of rotatable bonds is 0. The van der Waals surface area contributed by atoms with Crippen molar-refractivity contribution in [1.82, 2.24) is 15.5 Å². The molecule has 94 valence electrons. The molecule has 1 heterocycles. The van der Waals surface area contributed by atoms with Gasteiger partial charge in [-0.05, 0) is 5.56 Å². The van der Waals surface area contributed by atoms with Crippen molar-refractivity contribution in [3.05, 3.63) is 35.4 Å². The van der Waals surface area contributed by atoms with E-state index in [1.165, 1.54) is 11.9 Å². The van der Waals surface area contributed by atoms with E-state index >= 15 is 0 Å². The number of amides is 4. The molecule has 2 N–H and O–H groups in total. The van der Waals surface area contributed by atoms with Gasteiger partial charge in [0.15, 0.2) is 0 Å². The molecule has 6 heteroatoms. The fourth-order valence-corrected chi connectivity index (χ4v) is 1.84. The number of nitrogens with one attached hydrogen (secondary N) is 2. The smallest absolute Gasteiger partial charge is 0.341 e. The molecule has 0 unspecified atom stereocenters. The third-order valence-corrected chi connectivity index (χ3v) is 2.72. The maximum atomic E-state index is 11.8. The van der Waals surface area contributed by atoms with Gasteiger partial charge in [-0.15, -0.1) is 0 Å². The summed E-state index contributed by atoms with van der Waals surface area (Å²) in [4.78, 5) is 28.5. The van der Waals surface area contributed by atoms with Gasteiger partial charge in [-0.1, -0.05) is 24.3 Å². The van der Waals surface area contributed by atoms with Crippen LogP contribution >= 0.6 is 0 Å². The van der Waals surface area contributed by atoms with Crippen LogP contribution in [0.15, 0.2) is 29.3 Å². The minimum Gasteiger partial charge on any atom is -0.341 e. The van der Waals surface area contributed by atoms with Crippen molar-refractivity contribution in [2.75, 3.05) is 14.1 Å². The monoisotopic (exact) mass is 246 g/mol. The summed E-state index contributed by atoms with van der Waals surface area (Å²) in [6.45, 7) is 0.422. The van der Waals surface area contributed by atoms with Crippen molar-refractivity contribution >= 4 is 17.9 Å². The van der Waals surface area contributed by atoms with Crippen molar-refractivity contribution in [3.8, 4) is 0 Å². The highest BCUT2D eigenvalue weighted by Crippen LogP contribution is 2.23. The number of urea groups is 2. The lowest BCUT2D eigenvalue weighted by atomic mass is 10.1. The van der Waals surface area contributed by atoms with Gasteiger partial charge in [0.25, 0.3) is 0 Å². The lowest BCUT2D eigenvalue weighted by molar-refractivity contribution is 0.223. The van der Waals surface area contributed by atoms with E-state index in [4.69, 9.17) is 0 Å². The van der Waals surface area contributed by atoms with E-state index in [0.29, 0.717) is 12.4 Å². The summed E-state index contributed by atoms with van der Waals surface area (Å²) in [5.41, 5.74) is 1.79. The quantitative estimate of drug-likeness (QED) is 0.714. The first-order chi connectivity index (χ1) is 8.67. The van der Waals surface area contributed by atoms with E-state index in [9.17, 15) is 9.59 Å². The van der Waals surface area contributed by atoms with E-state index in [2.05, 4.69) is 15.6 Å². The number of carbonyl (C=O) groups is 2. The number of nitrogens with zero attached hydrogens (tertiary/aromatic N) is 2. The normalized spacial score (nSPS) is 15.4. The number of amidine groups is 1. The molecule has 0 bridgehead atoms. The van der Waals surface area contributed by atoms with Crippen LogP contribution < -0.4 is 10.6 Å². The molecule has 1 aliphatic rings. The van der Waals surface area contributed by atoms with Crippen LogP contribution in [0.5, 0.6) is 0 Å². The first-order valence-electron chi connectivity index (χ1n) is 5.55. The highest BCUT2D eigenvalue weighted by molar-refractivity contribution is 6.13. The van der Waals surface area contributed by atoms with Crippen LogP contribution in [0.1, 0.15) is 11.1 Å². The molecule has 0 aromatic heterocycles. The van der Waals surface area contributed by atoms with E-state index < -0.39 is 6.03 Å². The van der Waals surface area contributed by atoms with Gasteiger partial charge in [0.1, 0.15) is 5.84 Å². The number of hydrogen-bond donors (Lipinski definition) is 2. The zero-order valence-electron chi connectivity index (χ0n) is 10.2. The molecular weight excluding hydrogens is 232 g/mol. The molecule has 0 fully saturated rings.